The minimum atomic E-state index is -0.389. The van der Waals surface area contributed by atoms with Crippen molar-refractivity contribution in [3.63, 3.8) is 0 Å². The van der Waals surface area contributed by atoms with E-state index in [1.165, 1.54) is 0 Å². The van der Waals surface area contributed by atoms with Crippen molar-refractivity contribution in [3.8, 4) is 0 Å². The molecule has 0 saturated carbocycles. The highest BCUT2D eigenvalue weighted by atomic mass is 16.6. The van der Waals surface area contributed by atoms with Crippen LogP contribution >= 0.6 is 0 Å². The Morgan fingerprint density at radius 2 is 2.07 bits per heavy atom. The number of rotatable bonds is 1. The molecule has 14 heavy (non-hydrogen) atoms. The van der Waals surface area contributed by atoms with Gasteiger partial charge in [0, 0.05) is 0 Å². The second kappa shape index (κ2) is 3.77. The number of hydroxylamine groups is 2. The summed E-state index contributed by atoms with van der Waals surface area (Å²) in [5.41, 5.74) is 0.947. The summed E-state index contributed by atoms with van der Waals surface area (Å²) in [6.45, 7) is 0.138. The van der Waals surface area contributed by atoms with E-state index in [1.807, 2.05) is 30.3 Å². The number of hydrogen-bond donors (Lipinski definition) is 1. The Labute approximate surface area is 81.7 Å². The van der Waals surface area contributed by atoms with E-state index >= 15 is 0 Å². The van der Waals surface area contributed by atoms with Crippen LogP contribution in [0.5, 0.6) is 0 Å². The first kappa shape index (κ1) is 9.18. The molecule has 1 aromatic rings. The van der Waals surface area contributed by atoms with Crippen LogP contribution in [0.3, 0.4) is 0 Å². The molecule has 4 nitrogen and oxygen atoms in total. The van der Waals surface area contributed by atoms with E-state index in [4.69, 9.17) is 4.74 Å². The zero-order valence-corrected chi connectivity index (χ0v) is 7.59. The van der Waals surface area contributed by atoms with Gasteiger partial charge in [-0.2, -0.15) is 5.06 Å². The van der Waals surface area contributed by atoms with Gasteiger partial charge in [0.25, 0.3) is 0 Å². The molecule has 1 saturated heterocycles. The fraction of sp³-hybridized carbons (Fsp3) is 0.300. The zero-order chi connectivity index (χ0) is 9.97. The van der Waals surface area contributed by atoms with Gasteiger partial charge >= 0.3 is 5.97 Å². The van der Waals surface area contributed by atoms with Gasteiger partial charge in [-0.1, -0.05) is 30.3 Å². The molecular formula is C10H11NO3. The van der Waals surface area contributed by atoms with Crippen LogP contribution in [0.1, 0.15) is 11.6 Å². The SMILES string of the molecule is O=C1CN(O)[C@H](c2ccccc2)CO1. The molecule has 4 heteroatoms. The normalized spacial score (nSPS) is 23.2. The maximum Gasteiger partial charge on any atom is 0.322 e. The van der Waals surface area contributed by atoms with Crippen molar-refractivity contribution in [2.75, 3.05) is 13.2 Å². The van der Waals surface area contributed by atoms with Crippen molar-refractivity contribution in [1.29, 1.82) is 0 Å². The lowest BCUT2D eigenvalue weighted by molar-refractivity contribution is -0.196. The molecule has 2 rings (SSSR count). The van der Waals surface area contributed by atoms with Crippen molar-refractivity contribution in [2.45, 2.75) is 6.04 Å². The lowest BCUT2D eigenvalue weighted by Gasteiger charge is -2.29. The van der Waals surface area contributed by atoms with Crippen LogP contribution in [0.2, 0.25) is 0 Å². The van der Waals surface area contributed by atoms with E-state index in [-0.39, 0.29) is 25.2 Å². The first-order valence-electron chi connectivity index (χ1n) is 4.43. The van der Waals surface area contributed by atoms with Crippen LogP contribution in [0.25, 0.3) is 0 Å². The van der Waals surface area contributed by atoms with E-state index in [0.717, 1.165) is 10.6 Å². The number of carbonyl (C=O) groups is 1. The highest BCUT2D eigenvalue weighted by molar-refractivity contribution is 5.72. The van der Waals surface area contributed by atoms with Crippen LogP contribution in [-0.4, -0.2) is 29.4 Å². The summed E-state index contributed by atoms with van der Waals surface area (Å²) < 4.78 is 4.87. The number of cyclic esters (lactones) is 1. The van der Waals surface area contributed by atoms with Crippen LogP contribution in [-0.2, 0) is 9.53 Å². The van der Waals surface area contributed by atoms with Crippen LogP contribution < -0.4 is 0 Å². The van der Waals surface area contributed by atoms with Gasteiger partial charge in [-0.15, -0.1) is 0 Å². The molecule has 1 aliphatic heterocycles. The largest absolute Gasteiger partial charge is 0.463 e. The van der Waals surface area contributed by atoms with Crippen LogP contribution in [0.15, 0.2) is 30.3 Å². The van der Waals surface area contributed by atoms with Gasteiger partial charge in [-0.05, 0) is 5.56 Å². The molecule has 0 spiro atoms. The molecule has 1 atom stereocenters. The van der Waals surface area contributed by atoms with E-state index < -0.39 is 0 Å². The standard InChI is InChI=1S/C10H11NO3/c12-10-6-11(13)9(7-14-10)8-4-2-1-3-5-8/h1-5,9,13H,6-7H2/t9-/m0/s1. The number of morpholine rings is 1. The second-order valence-electron chi connectivity index (χ2n) is 3.21. The second-order valence-corrected chi connectivity index (χ2v) is 3.21. The Kier molecular flexibility index (Phi) is 2.47. The van der Waals surface area contributed by atoms with Gasteiger partial charge in [0.05, 0.1) is 6.04 Å². The van der Waals surface area contributed by atoms with Gasteiger partial charge in [0.15, 0.2) is 0 Å². The molecule has 1 aliphatic rings. The van der Waals surface area contributed by atoms with Crippen molar-refractivity contribution in [1.82, 2.24) is 5.06 Å². The van der Waals surface area contributed by atoms with E-state index in [2.05, 4.69) is 0 Å². The van der Waals surface area contributed by atoms with Gasteiger partial charge in [0.2, 0.25) is 0 Å². The molecule has 74 valence electrons. The number of ether oxygens (including phenoxy) is 1. The lowest BCUT2D eigenvalue weighted by atomic mass is 10.1. The van der Waals surface area contributed by atoms with Crippen molar-refractivity contribution in [2.24, 2.45) is 0 Å². The topological polar surface area (TPSA) is 49.8 Å². The Morgan fingerprint density at radius 1 is 1.36 bits per heavy atom. The van der Waals surface area contributed by atoms with Crippen molar-refractivity contribution < 1.29 is 14.7 Å². The van der Waals surface area contributed by atoms with Gasteiger partial charge < -0.3 is 9.94 Å². The van der Waals surface area contributed by atoms with Crippen LogP contribution in [0, 0.1) is 0 Å². The fourth-order valence-electron chi connectivity index (χ4n) is 1.49. The van der Waals surface area contributed by atoms with Crippen molar-refractivity contribution in [3.05, 3.63) is 35.9 Å². The number of hydrogen-bond acceptors (Lipinski definition) is 4. The molecule has 0 aromatic heterocycles. The summed E-state index contributed by atoms with van der Waals surface area (Å²) in [6.07, 6.45) is 0. The summed E-state index contributed by atoms with van der Waals surface area (Å²) in [7, 11) is 0. The average Bonchev–Trinajstić information content (AvgIpc) is 2.19. The average molecular weight is 193 g/mol. The predicted octanol–water partition coefficient (Wildman–Crippen LogP) is 0.976. The molecular weight excluding hydrogens is 182 g/mol. The molecule has 0 bridgehead atoms. The van der Waals surface area contributed by atoms with E-state index in [9.17, 15) is 10.0 Å². The lowest BCUT2D eigenvalue weighted by Crippen LogP contribution is -2.40. The Morgan fingerprint density at radius 3 is 2.71 bits per heavy atom. The van der Waals surface area contributed by atoms with Gasteiger partial charge in [0.1, 0.15) is 13.2 Å². The number of carbonyl (C=O) groups excluding carboxylic acids is 1. The predicted molar refractivity (Wildman–Crippen MR) is 48.6 cm³/mol. The highest BCUT2D eigenvalue weighted by Crippen LogP contribution is 2.21. The molecule has 1 aromatic carbocycles. The zero-order valence-electron chi connectivity index (χ0n) is 7.59. The minimum absolute atomic E-state index is 0.0699. The number of benzene rings is 1. The summed E-state index contributed by atoms with van der Waals surface area (Å²) >= 11 is 0. The summed E-state index contributed by atoms with van der Waals surface area (Å²) in [5, 5.41) is 10.5. The molecule has 1 fully saturated rings. The first-order chi connectivity index (χ1) is 6.77. The van der Waals surface area contributed by atoms with Gasteiger partial charge in [-0.3, -0.25) is 4.79 Å². The fourth-order valence-corrected chi connectivity index (χ4v) is 1.49. The van der Waals surface area contributed by atoms with E-state index in [1.54, 1.807) is 0 Å². The highest BCUT2D eigenvalue weighted by Gasteiger charge is 2.27. The molecule has 1 heterocycles. The van der Waals surface area contributed by atoms with Crippen molar-refractivity contribution >= 4 is 5.97 Å². The molecule has 0 amide bonds. The summed E-state index contributed by atoms with van der Waals surface area (Å²) in [5.74, 6) is -0.389. The summed E-state index contributed by atoms with van der Waals surface area (Å²) in [4.78, 5) is 10.8. The maximum absolute atomic E-state index is 10.8. The quantitative estimate of drug-likeness (QED) is 0.675. The van der Waals surface area contributed by atoms with Gasteiger partial charge in [-0.25, -0.2) is 0 Å². The molecule has 0 radical (unpaired) electrons. The third kappa shape index (κ3) is 1.76. The Balaban J connectivity index is 2.16. The first-order valence-corrected chi connectivity index (χ1v) is 4.43. The molecule has 1 N–H and O–H groups in total. The maximum atomic E-state index is 10.8. The monoisotopic (exact) mass is 193 g/mol. The Hall–Kier alpha value is -1.39. The minimum Gasteiger partial charge on any atom is -0.463 e. The van der Waals surface area contributed by atoms with E-state index in [0.29, 0.717) is 0 Å². The third-order valence-electron chi connectivity index (χ3n) is 2.24. The molecule has 0 aliphatic carbocycles. The molecule has 0 unspecified atom stereocenters. The Bertz CT molecular complexity index is 325. The smallest absolute Gasteiger partial charge is 0.322 e. The van der Waals surface area contributed by atoms with Crippen LogP contribution in [0.4, 0.5) is 0 Å². The third-order valence-corrected chi connectivity index (χ3v) is 2.24. The number of esters is 1. The summed E-state index contributed by atoms with van der Waals surface area (Å²) in [6, 6.07) is 9.23. The number of nitrogens with zero attached hydrogens (tertiary/aromatic N) is 1.